The third-order valence-corrected chi connectivity index (χ3v) is 6.87. The van der Waals surface area contributed by atoms with E-state index in [-0.39, 0.29) is 11.8 Å². The normalized spacial score (nSPS) is 19.5. The zero-order valence-corrected chi connectivity index (χ0v) is 18.8. The first kappa shape index (κ1) is 22.0. The number of hydrogen-bond acceptors (Lipinski definition) is 5. The van der Waals surface area contributed by atoms with E-state index in [0.717, 1.165) is 37.4 Å². The monoisotopic (exact) mass is 424 g/mol. The van der Waals surface area contributed by atoms with Crippen LogP contribution in [0.2, 0.25) is 0 Å². The largest absolute Gasteiger partial charge is 0.359 e. The number of nitrogens with zero attached hydrogens (tertiary/aromatic N) is 3. The summed E-state index contributed by atoms with van der Waals surface area (Å²) in [5.41, 5.74) is 2.29. The second-order valence-electron chi connectivity index (χ2n) is 9.12. The highest BCUT2D eigenvalue weighted by Crippen LogP contribution is 2.24. The molecule has 0 aliphatic carbocycles. The summed E-state index contributed by atoms with van der Waals surface area (Å²) in [5.74, 6) is 0.999. The van der Waals surface area contributed by atoms with E-state index in [0.29, 0.717) is 12.6 Å². The number of rotatable bonds is 8. The molecule has 168 valence electrons. The molecule has 31 heavy (non-hydrogen) atoms. The van der Waals surface area contributed by atoms with Gasteiger partial charge in [0.15, 0.2) is 5.76 Å². The second-order valence-corrected chi connectivity index (χ2v) is 9.12. The Morgan fingerprint density at radius 2 is 1.84 bits per heavy atom. The van der Waals surface area contributed by atoms with E-state index in [2.05, 4.69) is 50.6 Å². The van der Waals surface area contributed by atoms with Crippen molar-refractivity contribution in [2.45, 2.75) is 58.0 Å². The van der Waals surface area contributed by atoms with Crippen LogP contribution >= 0.6 is 0 Å². The highest BCUT2D eigenvalue weighted by Gasteiger charge is 2.30. The first-order valence-corrected chi connectivity index (χ1v) is 11.9. The van der Waals surface area contributed by atoms with Crippen LogP contribution in [0.1, 0.15) is 49.1 Å². The third-order valence-electron chi connectivity index (χ3n) is 6.87. The van der Waals surface area contributed by atoms with E-state index in [1.807, 2.05) is 13.0 Å². The SMILES string of the molecule is Cc1cc(CNC(=O)C2CCN(C3CCN(CCCc4ccccc4)CC3)CC2)on1. The van der Waals surface area contributed by atoms with Gasteiger partial charge in [-0.15, -0.1) is 0 Å². The molecular weight excluding hydrogens is 388 g/mol. The Labute approximate surface area is 186 Å². The van der Waals surface area contributed by atoms with Gasteiger partial charge in [-0.3, -0.25) is 4.79 Å². The summed E-state index contributed by atoms with van der Waals surface area (Å²) < 4.78 is 5.18. The Hall–Kier alpha value is -2.18. The van der Waals surface area contributed by atoms with Gasteiger partial charge in [-0.1, -0.05) is 35.5 Å². The van der Waals surface area contributed by atoms with Gasteiger partial charge in [-0.25, -0.2) is 0 Å². The lowest BCUT2D eigenvalue weighted by Gasteiger charge is -2.41. The molecule has 2 saturated heterocycles. The van der Waals surface area contributed by atoms with Crippen molar-refractivity contribution in [2.24, 2.45) is 5.92 Å². The lowest BCUT2D eigenvalue weighted by Crippen LogP contribution is -2.49. The van der Waals surface area contributed by atoms with Crippen molar-refractivity contribution in [3.8, 4) is 0 Å². The number of carbonyl (C=O) groups excluding carboxylic acids is 1. The first-order valence-electron chi connectivity index (χ1n) is 11.9. The average Bonchev–Trinajstić information content (AvgIpc) is 3.24. The molecule has 0 unspecified atom stereocenters. The maximum absolute atomic E-state index is 12.5. The molecule has 2 aliphatic heterocycles. The van der Waals surface area contributed by atoms with Gasteiger partial charge in [-0.05, 0) is 83.7 Å². The summed E-state index contributed by atoms with van der Waals surface area (Å²) in [5, 5.41) is 6.88. The van der Waals surface area contributed by atoms with E-state index in [4.69, 9.17) is 4.52 Å². The van der Waals surface area contributed by atoms with Crippen LogP contribution in [0.15, 0.2) is 40.9 Å². The predicted octanol–water partition coefficient (Wildman–Crippen LogP) is 3.41. The highest BCUT2D eigenvalue weighted by atomic mass is 16.5. The summed E-state index contributed by atoms with van der Waals surface area (Å²) in [6.45, 7) is 8.01. The quantitative estimate of drug-likeness (QED) is 0.704. The third kappa shape index (κ3) is 6.40. The molecule has 0 saturated carbocycles. The van der Waals surface area contributed by atoms with Crippen molar-refractivity contribution in [2.75, 3.05) is 32.7 Å². The number of carbonyl (C=O) groups is 1. The fourth-order valence-electron chi connectivity index (χ4n) is 5.00. The summed E-state index contributed by atoms with van der Waals surface area (Å²) in [4.78, 5) is 17.8. The average molecular weight is 425 g/mol. The smallest absolute Gasteiger partial charge is 0.223 e. The van der Waals surface area contributed by atoms with Crippen molar-refractivity contribution in [1.82, 2.24) is 20.3 Å². The summed E-state index contributed by atoms with van der Waals surface area (Å²) >= 11 is 0. The highest BCUT2D eigenvalue weighted by molar-refractivity contribution is 5.78. The van der Waals surface area contributed by atoms with Crippen LogP contribution in [0.5, 0.6) is 0 Å². The molecule has 1 amide bonds. The number of aromatic nitrogens is 1. The van der Waals surface area contributed by atoms with Crippen molar-refractivity contribution in [1.29, 1.82) is 0 Å². The Morgan fingerprint density at radius 3 is 2.52 bits per heavy atom. The number of piperidine rings is 2. The Balaban J connectivity index is 1.11. The van der Waals surface area contributed by atoms with Crippen LogP contribution in [0.25, 0.3) is 0 Å². The molecule has 4 rings (SSSR count). The lowest BCUT2D eigenvalue weighted by molar-refractivity contribution is -0.127. The van der Waals surface area contributed by atoms with Gasteiger partial charge in [0, 0.05) is 18.0 Å². The van der Waals surface area contributed by atoms with Crippen LogP contribution in [-0.2, 0) is 17.8 Å². The molecule has 2 fully saturated rings. The molecule has 0 atom stereocenters. The number of amides is 1. The Kier molecular flexibility index (Phi) is 7.76. The molecule has 6 heteroatoms. The number of benzene rings is 1. The van der Waals surface area contributed by atoms with Crippen LogP contribution in [0.3, 0.4) is 0 Å². The minimum atomic E-state index is 0.123. The lowest BCUT2D eigenvalue weighted by atomic mass is 9.92. The number of aryl methyl sites for hydroxylation is 2. The molecule has 1 aromatic carbocycles. The van der Waals surface area contributed by atoms with Crippen molar-refractivity contribution >= 4 is 5.91 Å². The molecule has 1 N–H and O–H groups in total. The maximum atomic E-state index is 12.5. The standard InChI is InChI=1S/C25H36N4O2/c1-20-18-24(31-27-20)19-26-25(30)22-9-16-29(17-10-22)23-11-14-28(15-12-23)13-5-8-21-6-3-2-4-7-21/h2-4,6-7,18,22-23H,5,8-17,19H2,1H3,(H,26,30). The minimum absolute atomic E-state index is 0.123. The van der Waals surface area contributed by atoms with E-state index < -0.39 is 0 Å². The van der Waals surface area contributed by atoms with Crippen LogP contribution in [0.4, 0.5) is 0 Å². The molecule has 0 bridgehead atoms. The van der Waals surface area contributed by atoms with Gasteiger partial charge in [0.1, 0.15) is 0 Å². The molecule has 1 aromatic heterocycles. The van der Waals surface area contributed by atoms with Crippen molar-refractivity contribution < 1.29 is 9.32 Å². The van der Waals surface area contributed by atoms with Gasteiger partial charge in [0.05, 0.1) is 12.2 Å². The molecule has 6 nitrogen and oxygen atoms in total. The van der Waals surface area contributed by atoms with Gasteiger partial charge >= 0.3 is 0 Å². The number of hydrogen-bond donors (Lipinski definition) is 1. The second kappa shape index (κ2) is 10.9. The number of likely N-dealkylation sites (tertiary alicyclic amines) is 2. The van der Waals surface area contributed by atoms with E-state index in [9.17, 15) is 4.79 Å². The minimum Gasteiger partial charge on any atom is -0.359 e. The Morgan fingerprint density at radius 1 is 1.10 bits per heavy atom. The van der Waals surface area contributed by atoms with E-state index in [1.54, 1.807) is 0 Å². The van der Waals surface area contributed by atoms with Crippen LogP contribution in [-0.4, -0.2) is 59.6 Å². The van der Waals surface area contributed by atoms with Gasteiger partial charge in [0.2, 0.25) is 5.91 Å². The van der Waals surface area contributed by atoms with E-state index >= 15 is 0 Å². The summed E-state index contributed by atoms with van der Waals surface area (Å²) in [6, 6.07) is 13.4. The molecule has 0 radical (unpaired) electrons. The summed E-state index contributed by atoms with van der Waals surface area (Å²) in [6.07, 6.45) is 6.84. The van der Waals surface area contributed by atoms with Crippen molar-refractivity contribution in [3.05, 3.63) is 53.4 Å². The predicted molar refractivity (Wildman–Crippen MR) is 122 cm³/mol. The molecule has 3 heterocycles. The molecule has 0 spiro atoms. The fourth-order valence-corrected chi connectivity index (χ4v) is 5.00. The Bertz CT molecular complexity index is 806. The van der Waals surface area contributed by atoms with Crippen molar-refractivity contribution in [3.63, 3.8) is 0 Å². The maximum Gasteiger partial charge on any atom is 0.223 e. The molecule has 2 aromatic rings. The van der Waals surface area contributed by atoms with Gasteiger partial charge in [0.25, 0.3) is 0 Å². The summed E-state index contributed by atoms with van der Waals surface area (Å²) in [7, 11) is 0. The molecule has 2 aliphatic rings. The van der Waals surface area contributed by atoms with Gasteiger partial charge in [-0.2, -0.15) is 0 Å². The number of nitrogens with one attached hydrogen (secondary N) is 1. The first-order chi connectivity index (χ1) is 15.2. The van der Waals surface area contributed by atoms with E-state index in [1.165, 1.54) is 50.9 Å². The zero-order chi connectivity index (χ0) is 21.5. The molecular formula is C25H36N4O2. The van der Waals surface area contributed by atoms with Gasteiger partial charge < -0.3 is 19.6 Å². The van der Waals surface area contributed by atoms with Crippen LogP contribution < -0.4 is 5.32 Å². The van der Waals surface area contributed by atoms with Crippen LogP contribution in [0, 0.1) is 12.8 Å². The zero-order valence-electron chi connectivity index (χ0n) is 18.8. The topological polar surface area (TPSA) is 61.6 Å². The fraction of sp³-hybridized carbons (Fsp3) is 0.600.